The minimum Gasteiger partial charge on any atom is -0.466 e. The van der Waals surface area contributed by atoms with Crippen molar-refractivity contribution in [3.63, 3.8) is 0 Å². The summed E-state index contributed by atoms with van der Waals surface area (Å²) in [7, 11) is 0. The van der Waals surface area contributed by atoms with Gasteiger partial charge in [-0.1, -0.05) is 13.8 Å². The monoisotopic (exact) mass is 423 g/mol. The van der Waals surface area contributed by atoms with Crippen LogP contribution < -0.4 is 5.32 Å². The predicted molar refractivity (Wildman–Crippen MR) is 99.6 cm³/mol. The third-order valence-electron chi connectivity index (χ3n) is 4.47. The highest BCUT2D eigenvalue weighted by molar-refractivity contribution is 14.0. The minimum atomic E-state index is -0.0650. The van der Waals surface area contributed by atoms with Crippen LogP contribution in [0.3, 0.4) is 0 Å². The number of nitrogens with zero attached hydrogens (tertiary/aromatic N) is 2. The van der Waals surface area contributed by atoms with Crippen molar-refractivity contribution in [3.8, 4) is 0 Å². The first-order chi connectivity index (χ1) is 9.97. The van der Waals surface area contributed by atoms with E-state index in [9.17, 15) is 4.79 Å². The molecule has 0 aromatic heterocycles. The molecule has 1 saturated carbocycles. The summed E-state index contributed by atoms with van der Waals surface area (Å²) in [5.41, 5.74) is 0.366. The van der Waals surface area contributed by atoms with Gasteiger partial charge in [-0.3, -0.25) is 9.79 Å². The molecule has 0 aromatic carbocycles. The van der Waals surface area contributed by atoms with Gasteiger partial charge in [-0.05, 0) is 38.5 Å². The van der Waals surface area contributed by atoms with Gasteiger partial charge in [0.05, 0.1) is 12.5 Å². The molecule has 2 unspecified atom stereocenters. The van der Waals surface area contributed by atoms with E-state index in [1.54, 1.807) is 0 Å². The van der Waals surface area contributed by atoms with Gasteiger partial charge < -0.3 is 15.0 Å². The summed E-state index contributed by atoms with van der Waals surface area (Å²) in [5, 5.41) is 3.57. The van der Waals surface area contributed by atoms with Crippen LogP contribution in [0.25, 0.3) is 0 Å². The van der Waals surface area contributed by atoms with Crippen molar-refractivity contribution in [3.05, 3.63) is 0 Å². The lowest BCUT2D eigenvalue weighted by atomic mass is 9.98. The van der Waals surface area contributed by atoms with Gasteiger partial charge in [-0.25, -0.2) is 0 Å². The number of halogens is 1. The SMILES string of the molecule is CCN=C(NC1CC1(C)C)N1CCCC(C(=O)OCC)C1.I. The van der Waals surface area contributed by atoms with Crippen LogP contribution in [0.2, 0.25) is 0 Å². The van der Waals surface area contributed by atoms with E-state index in [1.165, 1.54) is 6.42 Å². The fourth-order valence-electron chi connectivity index (χ4n) is 2.88. The predicted octanol–water partition coefficient (Wildman–Crippen LogP) is 2.64. The van der Waals surface area contributed by atoms with Gasteiger partial charge in [0.25, 0.3) is 0 Å². The normalized spacial score (nSPS) is 26.9. The van der Waals surface area contributed by atoms with E-state index in [1.807, 2.05) is 13.8 Å². The zero-order valence-electron chi connectivity index (χ0n) is 14.2. The summed E-state index contributed by atoms with van der Waals surface area (Å²) in [6, 6.07) is 0.505. The fraction of sp³-hybridized carbons (Fsp3) is 0.875. The molecule has 6 heteroatoms. The largest absolute Gasteiger partial charge is 0.466 e. The molecule has 0 amide bonds. The molecule has 1 saturated heterocycles. The van der Waals surface area contributed by atoms with Crippen molar-refractivity contribution in [1.82, 2.24) is 10.2 Å². The summed E-state index contributed by atoms with van der Waals surface area (Å²) >= 11 is 0. The van der Waals surface area contributed by atoms with E-state index in [0.717, 1.165) is 38.4 Å². The molecular formula is C16H30IN3O2. The van der Waals surface area contributed by atoms with Gasteiger partial charge in [0, 0.05) is 25.7 Å². The number of aliphatic imine (C=N–C) groups is 1. The van der Waals surface area contributed by atoms with Crippen molar-refractivity contribution in [2.24, 2.45) is 16.3 Å². The summed E-state index contributed by atoms with van der Waals surface area (Å²) < 4.78 is 5.17. The topological polar surface area (TPSA) is 53.9 Å². The highest BCUT2D eigenvalue weighted by Crippen LogP contribution is 2.44. The minimum absolute atomic E-state index is 0. The third-order valence-corrected chi connectivity index (χ3v) is 4.47. The lowest BCUT2D eigenvalue weighted by molar-refractivity contribution is -0.149. The van der Waals surface area contributed by atoms with Gasteiger partial charge in [-0.2, -0.15) is 0 Å². The Kier molecular flexibility index (Phi) is 7.41. The second-order valence-corrected chi connectivity index (χ2v) is 6.72. The van der Waals surface area contributed by atoms with Crippen LogP contribution in [0.4, 0.5) is 0 Å². The Balaban J connectivity index is 0.00000242. The number of carbonyl (C=O) groups is 1. The zero-order chi connectivity index (χ0) is 15.5. The first-order valence-electron chi connectivity index (χ1n) is 8.20. The highest BCUT2D eigenvalue weighted by Gasteiger charge is 2.46. The number of ether oxygens (including phenoxy) is 1. The maximum Gasteiger partial charge on any atom is 0.310 e. The number of piperidine rings is 1. The second kappa shape index (κ2) is 8.36. The van der Waals surface area contributed by atoms with Crippen LogP contribution in [0.5, 0.6) is 0 Å². The highest BCUT2D eigenvalue weighted by atomic mass is 127. The standard InChI is InChI=1S/C16H29N3O2.HI/c1-5-17-15(18-13-10-16(13,3)4)19-9-7-8-12(11-19)14(20)21-6-2;/h12-13H,5-11H2,1-4H3,(H,17,18);1H. The van der Waals surface area contributed by atoms with Crippen molar-refractivity contribution in [2.45, 2.75) is 53.0 Å². The molecule has 0 aromatic rings. The van der Waals surface area contributed by atoms with Crippen molar-refractivity contribution >= 4 is 35.9 Å². The smallest absolute Gasteiger partial charge is 0.310 e. The number of carbonyl (C=O) groups excluding carboxylic acids is 1. The average Bonchev–Trinajstić information content (AvgIpc) is 3.06. The first kappa shape index (κ1) is 19.5. The first-order valence-corrected chi connectivity index (χ1v) is 8.20. The lowest BCUT2D eigenvalue weighted by Gasteiger charge is -2.34. The molecule has 0 bridgehead atoms. The van der Waals surface area contributed by atoms with E-state index in [0.29, 0.717) is 18.1 Å². The maximum atomic E-state index is 12.0. The van der Waals surface area contributed by atoms with Gasteiger partial charge in [0.1, 0.15) is 0 Å². The summed E-state index contributed by atoms with van der Waals surface area (Å²) in [4.78, 5) is 18.8. The fourth-order valence-corrected chi connectivity index (χ4v) is 2.88. The van der Waals surface area contributed by atoms with Gasteiger partial charge in [-0.15, -0.1) is 24.0 Å². The Labute approximate surface area is 151 Å². The number of hydrogen-bond acceptors (Lipinski definition) is 3. The Morgan fingerprint density at radius 1 is 1.41 bits per heavy atom. The number of esters is 1. The molecule has 0 radical (unpaired) electrons. The molecule has 1 aliphatic carbocycles. The molecule has 2 atom stereocenters. The van der Waals surface area contributed by atoms with E-state index >= 15 is 0 Å². The molecule has 1 heterocycles. The van der Waals surface area contributed by atoms with Crippen molar-refractivity contribution in [2.75, 3.05) is 26.2 Å². The molecule has 1 aliphatic heterocycles. The number of guanidine groups is 1. The Hall–Kier alpha value is -0.530. The summed E-state index contributed by atoms with van der Waals surface area (Å²) in [5.74, 6) is 0.877. The Morgan fingerprint density at radius 2 is 2.09 bits per heavy atom. The lowest BCUT2D eigenvalue weighted by Crippen LogP contribution is -2.49. The quantitative estimate of drug-likeness (QED) is 0.327. The number of likely N-dealkylation sites (tertiary alicyclic amines) is 1. The number of rotatable bonds is 4. The second-order valence-electron chi connectivity index (χ2n) is 6.72. The van der Waals surface area contributed by atoms with Gasteiger partial charge >= 0.3 is 5.97 Å². The van der Waals surface area contributed by atoms with Crippen LogP contribution in [0, 0.1) is 11.3 Å². The molecule has 2 aliphatic rings. The van der Waals surface area contributed by atoms with E-state index < -0.39 is 0 Å². The summed E-state index contributed by atoms with van der Waals surface area (Å²) in [6.07, 6.45) is 3.12. The molecular weight excluding hydrogens is 393 g/mol. The van der Waals surface area contributed by atoms with Crippen LogP contribution in [-0.2, 0) is 9.53 Å². The van der Waals surface area contributed by atoms with E-state index in [-0.39, 0.29) is 35.9 Å². The molecule has 5 nitrogen and oxygen atoms in total. The van der Waals surface area contributed by atoms with Gasteiger partial charge in [0.2, 0.25) is 0 Å². The van der Waals surface area contributed by atoms with Crippen molar-refractivity contribution in [1.29, 1.82) is 0 Å². The molecule has 2 fully saturated rings. The maximum absolute atomic E-state index is 12.0. The third kappa shape index (κ3) is 4.99. The van der Waals surface area contributed by atoms with Gasteiger partial charge in [0.15, 0.2) is 5.96 Å². The number of nitrogens with one attached hydrogen (secondary N) is 1. The van der Waals surface area contributed by atoms with Crippen molar-refractivity contribution < 1.29 is 9.53 Å². The molecule has 22 heavy (non-hydrogen) atoms. The Bertz CT molecular complexity index is 412. The Morgan fingerprint density at radius 3 is 2.64 bits per heavy atom. The molecule has 0 spiro atoms. The van der Waals surface area contributed by atoms with Crippen LogP contribution in [0.1, 0.15) is 47.0 Å². The number of hydrogen-bond donors (Lipinski definition) is 1. The zero-order valence-corrected chi connectivity index (χ0v) is 16.6. The van der Waals surface area contributed by atoms with Crippen LogP contribution in [-0.4, -0.2) is 49.1 Å². The molecule has 128 valence electrons. The van der Waals surface area contributed by atoms with Crippen LogP contribution in [0.15, 0.2) is 4.99 Å². The summed E-state index contributed by atoms with van der Waals surface area (Å²) in [6.45, 7) is 11.4. The molecule has 2 rings (SSSR count). The molecule has 1 N–H and O–H groups in total. The van der Waals surface area contributed by atoms with Crippen LogP contribution >= 0.6 is 24.0 Å². The average molecular weight is 423 g/mol. The van der Waals surface area contributed by atoms with E-state index in [2.05, 4.69) is 29.1 Å². The van der Waals surface area contributed by atoms with E-state index in [4.69, 9.17) is 4.74 Å².